The lowest BCUT2D eigenvalue weighted by atomic mass is 9.33. The molecule has 0 spiro atoms. The number of hydrogen-bond acceptors (Lipinski definition) is 3. The van der Waals surface area contributed by atoms with E-state index in [1.54, 1.807) is 27.0 Å². The minimum Gasteiger partial charge on any atom is -0.335 e. The summed E-state index contributed by atoms with van der Waals surface area (Å²) >= 11 is 0. The smallest absolute Gasteiger partial charge is 0.252 e. The highest BCUT2D eigenvalue weighted by Crippen LogP contribution is 2.64. The van der Waals surface area contributed by atoms with E-state index in [-0.39, 0.29) is 28.6 Å². The van der Waals surface area contributed by atoms with Crippen molar-refractivity contribution in [1.29, 1.82) is 0 Å². The van der Waals surface area contributed by atoms with Crippen molar-refractivity contribution in [3.05, 3.63) is 107 Å². The minimum absolute atomic E-state index is 0.0299. The highest BCUT2D eigenvalue weighted by atomic mass is 28.3. The van der Waals surface area contributed by atoms with E-state index in [4.69, 9.17) is 0 Å². The molecule has 2 saturated carbocycles. The van der Waals surface area contributed by atoms with Gasteiger partial charge in [-0.1, -0.05) is 138 Å². The molecule has 0 bridgehead atoms. The first kappa shape index (κ1) is 38.9. The van der Waals surface area contributed by atoms with Gasteiger partial charge in [-0.25, -0.2) is 0 Å². The molecule has 5 aromatic carbocycles. The second-order valence-electron chi connectivity index (χ2n) is 23.1. The van der Waals surface area contributed by atoms with Crippen molar-refractivity contribution in [2.45, 2.75) is 154 Å². The summed E-state index contributed by atoms with van der Waals surface area (Å²) in [7, 11) is -3.21. The first-order valence-electron chi connectivity index (χ1n) is 23.4. The van der Waals surface area contributed by atoms with E-state index < -0.39 is 16.1 Å². The Bertz CT molecular complexity index is 2670. The highest BCUT2D eigenvalue weighted by Gasteiger charge is 2.63. The molecule has 0 N–H and O–H groups in total. The molecule has 60 heavy (non-hydrogen) atoms. The van der Waals surface area contributed by atoms with Crippen molar-refractivity contribution in [2.24, 2.45) is 0 Å². The Morgan fingerprint density at radius 1 is 0.500 bits per heavy atom. The van der Waals surface area contributed by atoms with E-state index in [1.807, 2.05) is 0 Å². The number of aryl methyl sites for hydroxylation is 2. The van der Waals surface area contributed by atoms with Gasteiger partial charge in [0.1, 0.15) is 0 Å². The van der Waals surface area contributed by atoms with Crippen LogP contribution in [0.15, 0.2) is 84.9 Å². The van der Waals surface area contributed by atoms with Gasteiger partial charge < -0.3 is 14.7 Å². The molecule has 4 heterocycles. The number of rotatable bonds is 4. The maximum absolute atomic E-state index is 2.96. The van der Waals surface area contributed by atoms with Gasteiger partial charge in [0, 0.05) is 50.6 Å². The van der Waals surface area contributed by atoms with Crippen molar-refractivity contribution in [3.63, 3.8) is 0 Å². The summed E-state index contributed by atoms with van der Waals surface area (Å²) in [6, 6.07) is 35.2. The van der Waals surface area contributed by atoms with Crippen LogP contribution in [-0.2, 0) is 10.8 Å². The number of benzene rings is 5. The van der Waals surface area contributed by atoms with Gasteiger partial charge in [0.15, 0.2) is 0 Å². The lowest BCUT2D eigenvalue weighted by Gasteiger charge is -2.53. The number of anilines is 7. The van der Waals surface area contributed by atoms with Gasteiger partial charge in [-0.05, 0) is 128 Å². The molecule has 2 aliphatic carbocycles. The summed E-state index contributed by atoms with van der Waals surface area (Å²) in [5.74, 6) is 0. The molecule has 0 aromatic heterocycles. The van der Waals surface area contributed by atoms with Crippen LogP contribution in [0.3, 0.4) is 0 Å². The van der Waals surface area contributed by atoms with Gasteiger partial charge in [0.05, 0.1) is 27.2 Å². The van der Waals surface area contributed by atoms with Crippen molar-refractivity contribution >= 4 is 89.4 Å². The summed E-state index contributed by atoms with van der Waals surface area (Å²) in [5, 5.41) is 3.20. The molecular weight excluding hydrogens is 758 g/mol. The predicted molar refractivity (Wildman–Crippen MR) is 267 cm³/mol. The number of fused-ring (bicyclic) bond motifs is 10. The van der Waals surface area contributed by atoms with E-state index >= 15 is 0 Å². The van der Waals surface area contributed by atoms with Crippen LogP contribution in [0.2, 0.25) is 39.3 Å². The Morgan fingerprint density at radius 3 is 1.80 bits per heavy atom. The Balaban J connectivity index is 1.27. The Hall–Kier alpha value is -4.00. The zero-order valence-corrected chi connectivity index (χ0v) is 40.7. The zero-order valence-electron chi connectivity index (χ0n) is 38.7. The second-order valence-corrected chi connectivity index (χ2v) is 33.2. The maximum atomic E-state index is 2.96. The first-order valence-corrected chi connectivity index (χ1v) is 30.4. The molecule has 4 aliphatic heterocycles. The maximum Gasteiger partial charge on any atom is 0.252 e. The lowest BCUT2D eigenvalue weighted by molar-refractivity contribution is 0.194. The van der Waals surface area contributed by atoms with E-state index in [2.05, 4.69) is 180 Å². The first-order chi connectivity index (χ1) is 28.3. The molecule has 3 nitrogen and oxygen atoms in total. The summed E-state index contributed by atoms with van der Waals surface area (Å²) in [6.07, 6.45) is 10.1. The van der Waals surface area contributed by atoms with Crippen LogP contribution in [-0.4, -0.2) is 33.9 Å². The van der Waals surface area contributed by atoms with E-state index in [9.17, 15) is 0 Å². The van der Waals surface area contributed by atoms with Crippen LogP contribution < -0.4 is 41.5 Å². The summed E-state index contributed by atoms with van der Waals surface area (Å²) < 4.78 is 0. The largest absolute Gasteiger partial charge is 0.335 e. The van der Waals surface area contributed by atoms with E-state index in [0.29, 0.717) is 0 Å². The van der Waals surface area contributed by atoms with Crippen molar-refractivity contribution < 1.29 is 0 Å². The monoisotopic (exact) mass is 823 g/mol. The molecule has 6 heteroatoms. The average Bonchev–Trinajstić information content (AvgIpc) is 3.53. The average molecular weight is 824 g/mol. The molecule has 2 fully saturated rings. The Morgan fingerprint density at radius 2 is 1.12 bits per heavy atom. The van der Waals surface area contributed by atoms with E-state index in [1.165, 1.54) is 113 Å². The zero-order chi connectivity index (χ0) is 42.1. The third-order valence-electron chi connectivity index (χ3n) is 17.5. The van der Waals surface area contributed by atoms with Gasteiger partial charge in [-0.3, -0.25) is 0 Å². The third-order valence-corrected chi connectivity index (χ3v) is 21.6. The fourth-order valence-electron chi connectivity index (χ4n) is 13.6. The number of nitrogens with zero attached hydrogens (tertiary/aromatic N) is 3. The van der Waals surface area contributed by atoms with Gasteiger partial charge in [-0.2, -0.15) is 0 Å². The standard InChI is InChI=1S/C54H66BN3Si2/c1-35-18-17-19-37(28-35)56-46-29-36(2)20-22-43(46)55-44-34-40(60(10,11)12)33-42-50(44)58(54(6)27-16-14-25-52(42,54)4)48-31-38(30-47(56)49(48)55)57-45-23-21-39(59(7,8)9)32-41(45)51(3)24-13-15-26-53(51,57)5/h17-23,28-34H,13-16,24-27H2,1-12H3. The fourth-order valence-corrected chi connectivity index (χ4v) is 16.0. The van der Waals surface area contributed by atoms with Crippen LogP contribution in [0.4, 0.5) is 39.8 Å². The summed E-state index contributed by atoms with van der Waals surface area (Å²) in [6.45, 7) is 30.5. The van der Waals surface area contributed by atoms with Crippen molar-refractivity contribution in [2.75, 3.05) is 14.7 Å². The van der Waals surface area contributed by atoms with Gasteiger partial charge >= 0.3 is 0 Å². The molecule has 0 saturated heterocycles. The Kier molecular flexibility index (Phi) is 8.00. The van der Waals surface area contributed by atoms with Crippen LogP contribution in [0.5, 0.6) is 0 Å². The molecule has 0 amide bonds. The summed E-state index contributed by atoms with van der Waals surface area (Å²) in [5.41, 5.74) is 20.1. The van der Waals surface area contributed by atoms with Crippen LogP contribution in [0.1, 0.15) is 101 Å². The van der Waals surface area contributed by atoms with Crippen molar-refractivity contribution in [3.8, 4) is 0 Å². The second kappa shape index (κ2) is 12.3. The third kappa shape index (κ3) is 4.90. The van der Waals surface area contributed by atoms with Gasteiger partial charge in [0.2, 0.25) is 0 Å². The molecule has 11 rings (SSSR count). The SMILES string of the molecule is Cc1cccc(N2c3cc(C)ccc3B3c4cc([Si](C)(C)C)cc5c4N(c4cc(N6c7ccc([Si](C)(C)C)cc7C7(C)CCCCC67C)cc2c43)C2(C)CCCCC52C)c1. The summed E-state index contributed by atoms with van der Waals surface area (Å²) in [4.78, 5) is 8.52. The Labute approximate surface area is 363 Å². The van der Waals surface area contributed by atoms with Crippen LogP contribution in [0.25, 0.3) is 0 Å². The fraction of sp³-hybridized carbons (Fsp3) is 0.444. The molecule has 4 unspecified atom stereocenters. The van der Waals surface area contributed by atoms with E-state index in [0.717, 1.165) is 0 Å². The predicted octanol–water partition coefficient (Wildman–Crippen LogP) is 11.5. The molecular formula is C54H66BN3Si2. The van der Waals surface area contributed by atoms with Crippen LogP contribution >= 0.6 is 0 Å². The van der Waals surface area contributed by atoms with Gasteiger partial charge in [-0.15, -0.1) is 0 Å². The highest BCUT2D eigenvalue weighted by molar-refractivity contribution is 7.01. The quantitative estimate of drug-likeness (QED) is 0.164. The van der Waals surface area contributed by atoms with Gasteiger partial charge in [0.25, 0.3) is 6.71 Å². The molecule has 5 aromatic rings. The molecule has 0 radical (unpaired) electrons. The van der Waals surface area contributed by atoms with Crippen LogP contribution in [0, 0.1) is 13.8 Å². The normalized spacial score (nSPS) is 27.3. The topological polar surface area (TPSA) is 9.72 Å². The molecule has 6 aliphatic rings. The molecule has 308 valence electrons. The molecule has 4 atom stereocenters. The lowest BCUT2D eigenvalue weighted by Crippen LogP contribution is -2.65. The number of hydrogen-bond donors (Lipinski definition) is 0. The van der Waals surface area contributed by atoms with Crippen molar-refractivity contribution in [1.82, 2.24) is 0 Å². The minimum atomic E-state index is -1.68.